The van der Waals surface area contributed by atoms with Crippen molar-refractivity contribution in [3.8, 4) is 11.5 Å². The van der Waals surface area contributed by atoms with E-state index >= 15 is 0 Å². The fraction of sp³-hybridized carbons (Fsp3) is 0.286. The van der Waals surface area contributed by atoms with Crippen molar-refractivity contribution in [2.45, 2.75) is 33.6 Å². The number of para-hydroxylation sites is 1. The molecular formula is C21H25N3O4. The van der Waals surface area contributed by atoms with Crippen molar-refractivity contribution in [1.29, 1.82) is 0 Å². The van der Waals surface area contributed by atoms with Crippen LogP contribution in [0.3, 0.4) is 0 Å². The Morgan fingerprint density at radius 1 is 1.07 bits per heavy atom. The molecule has 2 rings (SSSR count). The van der Waals surface area contributed by atoms with Gasteiger partial charge in [0.25, 0.3) is 0 Å². The molecular weight excluding hydrogens is 358 g/mol. The van der Waals surface area contributed by atoms with E-state index in [0.717, 1.165) is 24.0 Å². The molecule has 0 unspecified atom stereocenters. The molecule has 0 radical (unpaired) electrons. The second-order valence-corrected chi connectivity index (χ2v) is 5.97. The van der Waals surface area contributed by atoms with E-state index in [1.165, 1.54) is 12.3 Å². The van der Waals surface area contributed by atoms with Crippen LogP contribution in [-0.2, 0) is 22.4 Å². The average molecular weight is 383 g/mol. The van der Waals surface area contributed by atoms with Gasteiger partial charge in [-0.15, -0.1) is 0 Å². The third kappa shape index (κ3) is 5.33. The first-order valence-corrected chi connectivity index (χ1v) is 9.21. The lowest BCUT2D eigenvalue weighted by Crippen LogP contribution is -2.33. The van der Waals surface area contributed by atoms with Crippen molar-refractivity contribution >= 4 is 23.7 Å². The van der Waals surface area contributed by atoms with Crippen LogP contribution in [0.5, 0.6) is 11.5 Å². The molecule has 2 amide bonds. The molecule has 0 bridgehead atoms. The van der Waals surface area contributed by atoms with Crippen LogP contribution in [0.25, 0.3) is 0 Å². The number of nitrogens with one attached hydrogen (secondary N) is 2. The molecule has 0 aliphatic carbocycles. The van der Waals surface area contributed by atoms with Crippen LogP contribution in [0, 0.1) is 0 Å². The first-order chi connectivity index (χ1) is 13.5. The van der Waals surface area contributed by atoms with Crippen LogP contribution in [0.1, 0.15) is 37.5 Å². The summed E-state index contributed by atoms with van der Waals surface area (Å²) in [6.45, 7) is 6.19. The number of rotatable bonds is 7. The lowest BCUT2D eigenvalue weighted by Gasteiger charge is -2.13. The van der Waals surface area contributed by atoms with Gasteiger partial charge in [-0.05, 0) is 54.7 Å². The molecule has 0 atom stereocenters. The molecule has 0 aromatic heterocycles. The average Bonchev–Trinajstić information content (AvgIpc) is 2.70. The number of phenols is 1. The number of carbonyl (C=O) groups excluding carboxylic acids is 2. The number of hydrazone groups is 1. The minimum Gasteiger partial charge on any atom is -0.504 e. The van der Waals surface area contributed by atoms with Gasteiger partial charge in [0.2, 0.25) is 0 Å². The number of amides is 2. The second kappa shape index (κ2) is 10.1. The van der Waals surface area contributed by atoms with Gasteiger partial charge in [0.05, 0.1) is 12.8 Å². The Labute approximate surface area is 164 Å². The summed E-state index contributed by atoms with van der Waals surface area (Å²) in [6, 6.07) is 10.4. The molecule has 0 saturated heterocycles. The molecule has 3 N–H and O–H groups in total. The molecule has 0 spiro atoms. The van der Waals surface area contributed by atoms with Crippen LogP contribution in [0.2, 0.25) is 0 Å². The first-order valence-electron chi connectivity index (χ1n) is 9.21. The quantitative estimate of drug-likeness (QED) is 0.389. The van der Waals surface area contributed by atoms with Gasteiger partial charge in [-0.25, -0.2) is 5.43 Å². The summed E-state index contributed by atoms with van der Waals surface area (Å²) in [6.07, 6.45) is 2.85. The molecule has 0 aliphatic rings. The van der Waals surface area contributed by atoms with Crippen LogP contribution in [0.4, 0.5) is 5.69 Å². The molecule has 7 nitrogen and oxygen atoms in total. The van der Waals surface area contributed by atoms with E-state index in [-0.39, 0.29) is 5.75 Å². The molecule has 2 aromatic rings. The molecule has 0 aliphatic heterocycles. The van der Waals surface area contributed by atoms with Gasteiger partial charge >= 0.3 is 11.8 Å². The minimum atomic E-state index is -0.868. The standard InChI is InChI=1S/C21H25N3O4/c1-4-15-8-7-9-16(5-2)19(15)23-20(26)21(27)24-22-13-14-10-11-17(25)18(12-14)28-6-3/h7-13,25H,4-6H2,1-3H3,(H,23,26)(H,24,27)/b22-13+. The van der Waals surface area contributed by atoms with E-state index in [0.29, 0.717) is 23.6 Å². The van der Waals surface area contributed by atoms with Crippen molar-refractivity contribution in [1.82, 2.24) is 5.43 Å². The van der Waals surface area contributed by atoms with E-state index in [1.54, 1.807) is 19.1 Å². The van der Waals surface area contributed by atoms with Gasteiger partial charge in [-0.1, -0.05) is 32.0 Å². The maximum atomic E-state index is 12.2. The lowest BCUT2D eigenvalue weighted by molar-refractivity contribution is -0.136. The predicted molar refractivity (Wildman–Crippen MR) is 109 cm³/mol. The van der Waals surface area contributed by atoms with Crippen molar-refractivity contribution < 1.29 is 19.4 Å². The maximum Gasteiger partial charge on any atom is 0.329 e. The number of phenolic OH excluding ortho intramolecular Hbond substituents is 1. The Hall–Kier alpha value is -3.35. The fourth-order valence-corrected chi connectivity index (χ4v) is 2.67. The summed E-state index contributed by atoms with van der Waals surface area (Å²) >= 11 is 0. The normalized spacial score (nSPS) is 10.7. The van der Waals surface area contributed by atoms with Crippen LogP contribution < -0.4 is 15.5 Å². The molecule has 0 fully saturated rings. The van der Waals surface area contributed by atoms with Gasteiger partial charge in [0, 0.05) is 5.69 Å². The highest BCUT2D eigenvalue weighted by Gasteiger charge is 2.16. The Bertz CT molecular complexity index is 856. The highest BCUT2D eigenvalue weighted by Crippen LogP contribution is 2.26. The zero-order chi connectivity index (χ0) is 20.5. The Kier molecular flexibility index (Phi) is 7.56. The summed E-state index contributed by atoms with van der Waals surface area (Å²) in [5.41, 5.74) is 5.43. The molecule has 0 heterocycles. The summed E-state index contributed by atoms with van der Waals surface area (Å²) < 4.78 is 5.29. The Morgan fingerprint density at radius 3 is 2.36 bits per heavy atom. The monoisotopic (exact) mass is 383 g/mol. The SMILES string of the molecule is CCOc1cc(/C=N/NC(=O)C(=O)Nc2c(CC)cccc2CC)ccc1O. The van der Waals surface area contributed by atoms with Crippen LogP contribution in [-0.4, -0.2) is 29.7 Å². The first kappa shape index (κ1) is 21.0. The van der Waals surface area contributed by atoms with E-state index < -0.39 is 11.8 Å². The number of aryl methyl sites for hydroxylation is 2. The molecule has 7 heteroatoms. The van der Waals surface area contributed by atoms with Crippen molar-refractivity contribution in [2.24, 2.45) is 5.10 Å². The van der Waals surface area contributed by atoms with Gasteiger partial charge in [-0.2, -0.15) is 5.10 Å². The number of benzene rings is 2. The third-order valence-corrected chi connectivity index (χ3v) is 4.11. The van der Waals surface area contributed by atoms with Gasteiger partial charge in [-0.3, -0.25) is 9.59 Å². The van der Waals surface area contributed by atoms with Crippen LogP contribution in [0.15, 0.2) is 41.5 Å². The summed E-state index contributed by atoms with van der Waals surface area (Å²) in [4.78, 5) is 24.3. The molecule has 28 heavy (non-hydrogen) atoms. The number of hydrogen-bond donors (Lipinski definition) is 3. The van der Waals surface area contributed by atoms with Gasteiger partial charge in [0.1, 0.15) is 0 Å². The van der Waals surface area contributed by atoms with E-state index in [4.69, 9.17) is 4.74 Å². The minimum absolute atomic E-state index is 0.0173. The van der Waals surface area contributed by atoms with E-state index in [1.807, 2.05) is 32.0 Å². The topological polar surface area (TPSA) is 100 Å². The summed E-state index contributed by atoms with van der Waals surface area (Å²) in [5, 5.41) is 16.2. The number of ether oxygens (including phenoxy) is 1. The molecule has 148 valence electrons. The highest BCUT2D eigenvalue weighted by molar-refractivity contribution is 6.39. The number of anilines is 1. The van der Waals surface area contributed by atoms with Crippen molar-refractivity contribution in [3.05, 3.63) is 53.1 Å². The zero-order valence-electron chi connectivity index (χ0n) is 16.3. The summed E-state index contributed by atoms with van der Waals surface area (Å²) in [7, 11) is 0. The Balaban J connectivity index is 2.03. The second-order valence-electron chi connectivity index (χ2n) is 5.97. The maximum absolute atomic E-state index is 12.2. The number of hydrogen-bond acceptors (Lipinski definition) is 5. The summed E-state index contributed by atoms with van der Waals surface area (Å²) in [5.74, 6) is -1.32. The largest absolute Gasteiger partial charge is 0.504 e. The van der Waals surface area contributed by atoms with Gasteiger partial charge < -0.3 is 15.2 Å². The molecule has 0 saturated carbocycles. The smallest absolute Gasteiger partial charge is 0.329 e. The predicted octanol–water partition coefficient (Wildman–Crippen LogP) is 3.00. The van der Waals surface area contributed by atoms with Crippen molar-refractivity contribution in [2.75, 3.05) is 11.9 Å². The number of carbonyl (C=O) groups is 2. The number of nitrogens with zero attached hydrogens (tertiary/aromatic N) is 1. The zero-order valence-corrected chi connectivity index (χ0v) is 16.3. The third-order valence-electron chi connectivity index (χ3n) is 4.11. The Morgan fingerprint density at radius 2 is 1.75 bits per heavy atom. The fourth-order valence-electron chi connectivity index (χ4n) is 2.67. The number of aromatic hydroxyl groups is 1. The van der Waals surface area contributed by atoms with E-state index in [2.05, 4.69) is 15.8 Å². The lowest BCUT2D eigenvalue weighted by atomic mass is 10.0. The van der Waals surface area contributed by atoms with Crippen molar-refractivity contribution in [3.63, 3.8) is 0 Å². The van der Waals surface area contributed by atoms with Crippen LogP contribution >= 0.6 is 0 Å². The van der Waals surface area contributed by atoms with E-state index in [9.17, 15) is 14.7 Å². The van der Waals surface area contributed by atoms with Gasteiger partial charge in [0.15, 0.2) is 11.5 Å². The molecule has 2 aromatic carbocycles. The highest BCUT2D eigenvalue weighted by atomic mass is 16.5.